The maximum atomic E-state index is 15.8. The van der Waals surface area contributed by atoms with Gasteiger partial charge in [0.15, 0.2) is 0 Å². The fourth-order valence-corrected chi connectivity index (χ4v) is 4.32. The highest BCUT2D eigenvalue weighted by atomic mass is 19.4. The number of fused-ring (bicyclic) bond motifs is 1. The Labute approximate surface area is 185 Å². The Morgan fingerprint density at radius 2 is 1.66 bits per heavy atom. The van der Waals surface area contributed by atoms with Gasteiger partial charge in [-0.1, -0.05) is 86.5 Å². The molecular formula is C27H24F4O. The van der Waals surface area contributed by atoms with Gasteiger partial charge < -0.3 is 4.74 Å². The average molecular weight is 440 g/mol. The molecule has 32 heavy (non-hydrogen) atoms. The Kier molecular flexibility index (Phi) is 6.09. The van der Waals surface area contributed by atoms with E-state index in [0.29, 0.717) is 11.8 Å². The van der Waals surface area contributed by atoms with Gasteiger partial charge in [-0.05, 0) is 52.1 Å². The van der Waals surface area contributed by atoms with Crippen molar-refractivity contribution in [2.75, 3.05) is 0 Å². The summed E-state index contributed by atoms with van der Waals surface area (Å²) in [6.45, 7) is 2.07. The molecule has 3 aromatic carbocycles. The van der Waals surface area contributed by atoms with E-state index in [1.807, 2.05) is 54.6 Å². The minimum absolute atomic E-state index is 0.269. The Hall–Kier alpha value is -3.08. The minimum Gasteiger partial charge on any atom is -0.406 e. The number of halogens is 4. The van der Waals surface area contributed by atoms with E-state index in [4.69, 9.17) is 0 Å². The molecule has 0 amide bonds. The predicted molar refractivity (Wildman–Crippen MR) is 120 cm³/mol. The average Bonchev–Trinajstić information content (AvgIpc) is 2.77. The lowest BCUT2D eigenvalue weighted by atomic mass is 9.69. The standard InChI is InChI=1S/C27H24F4O/c1-2-3-14-26(15-13-22(18-25(26)28)19-7-5-4-6-8-19)23-11-9-21-17-24(32-27(29,30)31)12-10-20(21)16-23/h4-13,15-18,25H,2-3,14H2,1H3. The third kappa shape index (κ3) is 4.57. The Balaban J connectivity index is 1.71. The number of unbranched alkanes of at least 4 members (excludes halogenated alkanes) is 1. The minimum atomic E-state index is -4.74. The van der Waals surface area contributed by atoms with E-state index in [0.717, 1.165) is 34.9 Å². The van der Waals surface area contributed by atoms with E-state index >= 15 is 4.39 Å². The molecule has 166 valence electrons. The van der Waals surface area contributed by atoms with Crippen molar-refractivity contribution >= 4 is 16.3 Å². The number of rotatable bonds is 6. The van der Waals surface area contributed by atoms with Crippen LogP contribution in [0.4, 0.5) is 17.6 Å². The van der Waals surface area contributed by atoms with E-state index in [1.165, 1.54) is 12.1 Å². The second kappa shape index (κ2) is 8.81. The molecule has 0 saturated heterocycles. The van der Waals surface area contributed by atoms with Crippen molar-refractivity contribution in [3.8, 4) is 5.75 Å². The van der Waals surface area contributed by atoms with Gasteiger partial charge in [0.1, 0.15) is 11.9 Å². The lowest BCUT2D eigenvalue weighted by molar-refractivity contribution is -0.274. The summed E-state index contributed by atoms with van der Waals surface area (Å²) in [7, 11) is 0. The number of hydrogen-bond acceptors (Lipinski definition) is 1. The third-order valence-electron chi connectivity index (χ3n) is 6.01. The van der Waals surface area contributed by atoms with E-state index in [-0.39, 0.29) is 5.75 Å². The van der Waals surface area contributed by atoms with Crippen LogP contribution >= 0.6 is 0 Å². The van der Waals surface area contributed by atoms with Crippen LogP contribution in [0.25, 0.3) is 16.3 Å². The number of allylic oxidation sites excluding steroid dienone is 4. The molecule has 0 radical (unpaired) electrons. The summed E-state index contributed by atoms with van der Waals surface area (Å²) in [6.07, 6.45) is 2.08. The second-order valence-electron chi connectivity index (χ2n) is 8.14. The molecule has 1 aliphatic rings. The summed E-state index contributed by atoms with van der Waals surface area (Å²) in [4.78, 5) is 0. The normalized spacial score (nSPS) is 20.9. The van der Waals surface area contributed by atoms with Gasteiger partial charge in [0.25, 0.3) is 0 Å². The largest absolute Gasteiger partial charge is 0.573 e. The molecule has 1 nitrogen and oxygen atoms in total. The molecule has 0 aromatic heterocycles. The zero-order valence-electron chi connectivity index (χ0n) is 17.7. The van der Waals surface area contributed by atoms with Gasteiger partial charge in [0.2, 0.25) is 0 Å². The number of hydrogen-bond donors (Lipinski definition) is 0. The summed E-state index contributed by atoms with van der Waals surface area (Å²) in [5.41, 5.74) is 1.81. The molecule has 0 spiro atoms. The summed E-state index contributed by atoms with van der Waals surface area (Å²) < 4.78 is 57.5. The van der Waals surface area contributed by atoms with Crippen molar-refractivity contribution in [3.63, 3.8) is 0 Å². The van der Waals surface area contributed by atoms with Crippen LogP contribution in [-0.4, -0.2) is 12.5 Å². The Bertz CT molecular complexity index is 1150. The molecule has 4 rings (SSSR count). The maximum absolute atomic E-state index is 15.8. The topological polar surface area (TPSA) is 9.23 Å². The monoisotopic (exact) mass is 440 g/mol. The molecule has 2 atom stereocenters. The van der Waals surface area contributed by atoms with Crippen molar-refractivity contribution in [2.45, 2.75) is 44.1 Å². The summed E-state index contributed by atoms with van der Waals surface area (Å²) in [5.74, 6) is -0.269. The van der Waals surface area contributed by atoms with E-state index in [1.54, 1.807) is 18.2 Å². The van der Waals surface area contributed by atoms with Crippen LogP contribution in [0.2, 0.25) is 0 Å². The van der Waals surface area contributed by atoms with Gasteiger partial charge in [-0.25, -0.2) is 4.39 Å². The number of benzene rings is 3. The van der Waals surface area contributed by atoms with Crippen LogP contribution in [0, 0.1) is 0 Å². The molecule has 0 fully saturated rings. The second-order valence-corrected chi connectivity index (χ2v) is 8.14. The summed E-state index contributed by atoms with van der Waals surface area (Å²) in [5, 5.41) is 1.35. The molecule has 1 aliphatic carbocycles. The van der Waals surface area contributed by atoms with E-state index in [9.17, 15) is 13.2 Å². The predicted octanol–water partition coefficient (Wildman–Crippen LogP) is 8.16. The Morgan fingerprint density at radius 1 is 0.938 bits per heavy atom. The van der Waals surface area contributed by atoms with Gasteiger partial charge in [-0.2, -0.15) is 0 Å². The molecular weight excluding hydrogens is 416 g/mol. The summed E-state index contributed by atoms with van der Waals surface area (Å²) >= 11 is 0. The van der Waals surface area contributed by atoms with Crippen molar-refractivity contribution < 1.29 is 22.3 Å². The van der Waals surface area contributed by atoms with Crippen LogP contribution in [0.3, 0.4) is 0 Å². The molecule has 0 bridgehead atoms. The zero-order chi connectivity index (χ0) is 22.8. The van der Waals surface area contributed by atoms with Gasteiger partial charge >= 0.3 is 6.36 Å². The molecule has 2 unspecified atom stereocenters. The highest BCUT2D eigenvalue weighted by Crippen LogP contribution is 2.43. The fraction of sp³-hybridized carbons (Fsp3) is 0.259. The lowest BCUT2D eigenvalue weighted by Gasteiger charge is -2.36. The smallest absolute Gasteiger partial charge is 0.406 e. The molecule has 0 saturated carbocycles. The quantitative estimate of drug-likeness (QED) is 0.351. The highest BCUT2D eigenvalue weighted by molar-refractivity contribution is 5.85. The molecule has 3 aromatic rings. The first-order valence-corrected chi connectivity index (χ1v) is 10.7. The van der Waals surface area contributed by atoms with Crippen molar-refractivity contribution in [1.82, 2.24) is 0 Å². The molecule has 0 heterocycles. The van der Waals surface area contributed by atoms with Crippen molar-refractivity contribution in [3.05, 3.63) is 96.1 Å². The van der Waals surface area contributed by atoms with E-state index < -0.39 is 17.9 Å². The SMILES string of the molecule is CCCCC1(c2ccc3cc(OC(F)(F)F)ccc3c2)C=CC(c2ccccc2)=CC1F. The van der Waals surface area contributed by atoms with Crippen LogP contribution in [0.15, 0.2) is 85.0 Å². The molecule has 0 aliphatic heterocycles. The van der Waals surface area contributed by atoms with Crippen LogP contribution in [0.5, 0.6) is 5.75 Å². The van der Waals surface area contributed by atoms with Gasteiger partial charge in [-0.15, -0.1) is 13.2 Å². The van der Waals surface area contributed by atoms with Crippen LogP contribution in [0.1, 0.15) is 37.3 Å². The van der Waals surface area contributed by atoms with Crippen LogP contribution < -0.4 is 4.74 Å². The fourth-order valence-electron chi connectivity index (χ4n) is 4.32. The first kappa shape index (κ1) is 22.1. The first-order chi connectivity index (χ1) is 15.3. The number of alkyl halides is 4. The maximum Gasteiger partial charge on any atom is 0.573 e. The van der Waals surface area contributed by atoms with E-state index in [2.05, 4.69) is 11.7 Å². The van der Waals surface area contributed by atoms with Gasteiger partial charge in [-0.3, -0.25) is 0 Å². The highest BCUT2D eigenvalue weighted by Gasteiger charge is 2.39. The Morgan fingerprint density at radius 3 is 2.34 bits per heavy atom. The van der Waals surface area contributed by atoms with Gasteiger partial charge in [0.05, 0.1) is 0 Å². The first-order valence-electron chi connectivity index (χ1n) is 10.7. The van der Waals surface area contributed by atoms with Crippen molar-refractivity contribution in [2.24, 2.45) is 0 Å². The molecule has 5 heteroatoms. The molecule has 0 N–H and O–H groups in total. The zero-order valence-corrected chi connectivity index (χ0v) is 17.7. The van der Waals surface area contributed by atoms with Crippen molar-refractivity contribution in [1.29, 1.82) is 0 Å². The van der Waals surface area contributed by atoms with Gasteiger partial charge in [0, 0.05) is 5.41 Å². The number of ether oxygens (including phenoxy) is 1. The van der Waals surface area contributed by atoms with Crippen LogP contribution in [-0.2, 0) is 5.41 Å². The third-order valence-corrected chi connectivity index (χ3v) is 6.01. The lowest BCUT2D eigenvalue weighted by Crippen LogP contribution is -2.35. The summed E-state index contributed by atoms with van der Waals surface area (Å²) in [6, 6.07) is 19.3.